The van der Waals surface area contributed by atoms with Crippen molar-refractivity contribution in [2.45, 2.75) is 52.6 Å². The van der Waals surface area contributed by atoms with Gasteiger partial charge < -0.3 is 19.6 Å². The lowest BCUT2D eigenvalue weighted by molar-refractivity contribution is 0.104. The highest BCUT2D eigenvalue weighted by Crippen LogP contribution is 2.29. The van der Waals surface area contributed by atoms with Crippen LogP contribution in [0, 0.1) is 6.92 Å². The number of rotatable bonds is 8. The lowest BCUT2D eigenvalue weighted by atomic mass is 10.1. The molecule has 37 heavy (non-hydrogen) atoms. The van der Waals surface area contributed by atoms with Crippen LogP contribution < -0.4 is 5.32 Å². The summed E-state index contributed by atoms with van der Waals surface area (Å²) in [5.74, 6) is 2.21. The minimum Gasteiger partial charge on any atom is -0.458 e. The molecular weight excluding hydrogens is 468 g/mol. The number of aromatic nitrogens is 5. The minimum atomic E-state index is -1.05. The highest BCUT2D eigenvalue weighted by Gasteiger charge is 2.24. The van der Waals surface area contributed by atoms with Crippen molar-refractivity contribution in [1.29, 1.82) is 0 Å². The van der Waals surface area contributed by atoms with Crippen LogP contribution in [0.1, 0.15) is 55.2 Å². The van der Waals surface area contributed by atoms with Gasteiger partial charge in [-0.3, -0.25) is 4.98 Å². The molecule has 5 rings (SSSR count). The highest BCUT2D eigenvalue weighted by molar-refractivity contribution is 5.60. The standard InChI is InChI=1S/C28H30N6O3/c1-18-13-14-23(37-18)26-32-27(33-28(2,3)4)31-25-21(15-29-34(25)26)24(35)22-12-8-11-20(30-22)17-36-16-19-9-6-5-7-10-19/h5-15,24,35H,16-17H2,1-4H3,(H,31,33). The number of benzene rings is 1. The molecule has 0 amide bonds. The molecule has 0 saturated heterocycles. The number of hydrogen-bond donors (Lipinski definition) is 2. The van der Waals surface area contributed by atoms with Crippen molar-refractivity contribution in [3.8, 4) is 11.6 Å². The van der Waals surface area contributed by atoms with Gasteiger partial charge in [0.25, 0.3) is 0 Å². The molecule has 1 unspecified atom stereocenters. The first-order valence-corrected chi connectivity index (χ1v) is 12.1. The van der Waals surface area contributed by atoms with E-state index in [1.54, 1.807) is 16.8 Å². The monoisotopic (exact) mass is 498 g/mol. The van der Waals surface area contributed by atoms with Crippen LogP contribution in [0.4, 0.5) is 5.95 Å². The molecule has 0 aliphatic carbocycles. The molecule has 0 spiro atoms. The van der Waals surface area contributed by atoms with Crippen molar-refractivity contribution in [2.24, 2.45) is 0 Å². The Bertz CT molecular complexity index is 1500. The number of fused-ring (bicyclic) bond motifs is 1. The predicted molar refractivity (Wildman–Crippen MR) is 140 cm³/mol. The average molecular weight is 499 g/mol. The normalized spacial score (nSPS) is 12.7. The Kier molecular flexibility index (Phi) is 6.73. The Labute approximate surface area is 215 Å². The number of aryl methyl sites for hydroxylation is 1. The summed E-state index contributed by atoms with van der Waals surface area (Å²) in [6.45, 7) is 8.76. The zero-order chi connectivity index (χ0) is 26.0. The first-order valence-electron chi connectivity index (χ1n) is 12.1. The second kappa shape index (κ2) is 10.1. The summed E-state index contributed by atoms with van der Waals surface area (Å²) in [7, 11) is 0. The van der Waals surface area contributed by atoms with Crippen LogP contribution in [0.3, 0.4) is 0 Å². The number of pyridine rings is 1. The second-order valence-corrected chi connectivity index (χ2v) is 9.93. The molecule has 4 aromatic heterocycles. The maximum atomic E-state index is 11.3. The molecule has 0 bridgehead atoms. The number of aliphatic hydroxyl groups excluding tert-OH is 1. The molecule has 0 saturated carbocycles. The van der Waals surface area contributed by atoms with E-state index in [9.17, 15) is 5.11 Å². The molecule has 5 aromatic rings. The molecule has 190 valence electrons. The highest BCUT2D eigenvalue weighted by atomic mass is 16.5. The van der Waals surface area contributed by atoms with Crippen molar-refractivity contribution in [3.05, 3.63) is 95.1 Å². The van der Waals surface area contributed by atoms with E-state index in [0.717, 1.165) is 17.0 Å². The van der Waals surface area contributed by atoms with Gasteiger partial charge in [-0.2, -0.15) is 19.6 Å². The maximum Gasteiger partial charge on any atom is 0.227 e. The first-order chi connectivity index (χ1) is 17.8. The number of anilines is 1. The van der Waals surface area contributed by atoms with Gasteiger partial charge in [0.2, 0.25) is 11.8 Å². The molecule has 0 radical (unpaired) electrons. The third kappa shape index (κ3) is 5.68. The van der Waals surface area contributed by atoms with Crippen molar-refractivity contribution < 1.29 is 14.3 Å². The molecule has 9 heteroatoms. The van der Waals surface area contributed by atoms with E-state index in [4.69, 9.17) is 9.15 Å². The van der Waals surface area contributed by atoms with E-state index in [1.165, 1.54) is 0 Å². The molecule has 1 aromatic carbocycles. The molecule has 1 atom stereocenters. The van der Waals surface area contributed by atoms with Gasteiger partial charge in [-0.15, -0.1) is 0 Å². The summed E-state index contributed by atoms with van der Waals surface area (Å²) in [6.07, 6.45) is 0.546. The van der Waals surface area contributed by atoms with Gasteiger partial charge in [-0.1, -0.05) is 36.4 Å². The van der Waals surface area contributed by atoms with E-state index < -0.39 is 6.10 Å². The van der Waals surface area contributed by atoms with Gasteiger partial charge in [0, 0.05) is 5.54 Å². The van der Waals surface area contributed by atoms with Crippen LogP contribution in [0.5, 0.6) is 0 Å². The summed E-state index contributed by atoms with van der Waals surface area (Å²) in [6, 6.07) is 19.2. The Morgan fingerprint density at radius 1 is 0.973 bits per heavy atom. The third-order valence-electron chi connectivity index (χ3n) is 5.61. The summed E-state index contributed by atoms with van der Waals surface area (Å²) >= 11 is 0. The van der Waals surface area contributed by atoms with Crippen LogP contribution in [-0.4, -0.2) is 35.2 Å². The van der Waals surface area contributed by atoms with Crippen molar-refractivity contribution in [1.82, 2.24) is 24.6 Å². The van der Waals surface area contributed by atoms with Crippen molar-refractivity contribution in [2.75, 3.05) is 5.32 Å². The summed E-state index contributed by atoms with van der Waals surface area (Å²) in [5.41, 5.74) is 3.00. The Balaban J connectivity index is 1.45. The van der Waals surface area contributed by atoms with Gasteiger partial charge in [0.05, 0.1) is 36.4 Å². The fourth-order valence-corrected chi connectivity index (χ4v) is 3.93. The zero-order valence-corrected chi connectivity index (χ0v) is 21.3. The van der Waals surface area contributed by atoms with Crippen molar-refractivity contribution in [3.63, 3.8) is 0 Å². The largest absolute Gasteiger partial charge is 0.458 e. The third-order valence-corrected chi connectivity index (χ3v) is 5.61. The number of nitrogens with one attached hydrogen (secondary N) is 1. The molecule has 4 heterocycles. The number of nitrogens with zero attached hydrogens (tertiary/aromatic N) is 5. The lowest BCUT2D eigenvalue weighted by Crippen LogP contribution is -2.27. The van der Waals surface area contributed by atoms with Crippen molar-refractivity contribution >= 4 is 11.6 Å². The van der Waals surface area contributed by atoms with Gasteiger partial charge in [0.1, 0.15) is 11.9 Å². The van der Waals surface area contributed by atoms with E-state index in [0.29, 0.717) is 47.7 Å². The smallest absolute Gasteiger partial charge is 0.227 e. The predicted octanol–water partition coefficient (Wildman–Crippen LogP) is 5.10. The van der Waals surface area contributed by atoms with Gasteiger partial charge in [-0.25, -0.2) is 0 Å². The molecule has 0 aliphatic rings. The SMILES string of the molecule is Cc1ccc(-c2nc(NC(C)(C)C)nc3c(C(O)c4cccc(COCc5ccccc5)n4)cnn23)o1. The number of ether oxygens (including phenoxy) is 1. The van der Waals surface area contributed by atoms with Gasteiger partial charge >= 0.3 is 0 Å². The molecule has 0 fully saturated rings. The van der Waals surface area contributed by atoms with E-state index in [-0.39, 0.29) is 5.54 Å². The molecule has 9 nitrogen and oxygen atoms in total. The van der Waals surface area contributed by atoms with Crippen LogP contribution in [0.2, 0.25) is 0 Å². The van der Waals surface area contributed by atoms with E-state index in [2.05, 4.69) is 25.4 Å². The topological polar surface area (TPSA) is 111 Å². The number of furan rings is 1. The fraction of sp³-hybridized carbons (Fsp3) is 0.286. The minimum absolute atomic E-state index is 0.275. The zero-order valence-electron chi connectivity index (χ0n) is 21.3. The summed E-state index contributed by atoms with van der Waals surface area (Å²) in [5, 5.41) is 19.1. The Hall–Kier alpha value is -4.08. The van der Waals surface area contributed by atoms with Gasteiger partial charge in [-0.05, 0) is 57.5 Å². The summed E-state index contributed by atoms with van der Waals surface area (Å²) < 4.78 is 13.2. The second-order valence-electron chi connectivity index (χ2n) is 9.93. The van der Waals surface area contributed by atoms with Crippen LogP contribution in [-0.2, 0) is 18.0 Å². The molecular formula is C28H30N6O3. The van der Waals surface area contributed by atoms with Crippen LogP contribution >= 0.6 is 0 Å². The van der Waals surface area contributed by atoms with Crippen LogP contribution in [0.25, 0.3) is 17.2 Å². The Morgan fingerprint density at radius 2 is 1.78 bits per heavy atom. The van der Waals surface area contributed by atoms with Crippen LogP contribution in [0.15, 0.2) is 71.3 Å². The summed E-state index contributed by atoms with van der Waals surface area (Å²) in [4.78, 5) is 14.0. The molecule has 2 N–H and O–H groups in total. The van der Waals surface area contributed by atoms with Gasteiger partial charge in [0.15, 0.2) is 11.4 Å². The number of hydrogen-bond acceptors (Lipinski definition) is 8. The lowest BCUT2D eigenvalue weighted by Gasteiger charge is -2.21. The first kappa shape index (κ1) is 24.6. The molecule has 0 aliphatic heterocycles. The van der Waals surface area contributed by atoms with E-state index in [1.807, 2.05) is 82.3 Å². The van der Waals surface area contributed by atoms with E-state index >= 15 is 0 Å². The maximum absolute atomic E-state index is 11.3. The fourth-order valence-electron chi connectivity index (χ4n) is 3.93. The quantitative estimate of drug-likeness (QED) is 0.304. The average Bonchev–Trinajstić information content (AvgIpc) is 3.49. The number of aliphatic hydroxyl groups is 1. The Morgan fingerprint density at radius 3 is 2.51 bits per heavy atom.